The number of imidazole rings is 1. The van der Waals surface area contributed by atoms with Crippen LogP contribution in [0.3, 0.4) is 0 Å². The molecule has 0 atom stereocenters. The van der Waals surface area contributed by atoms with Crippen LogP contribution < -0.4 is 10.1 Å². The molecule has 0 bridgehead atoms. The number of hydrogen-bond donors (Lipinski definition) is 1. The van der Waals surface area contributed by atoms with Gasteiger partial charge in [-0.2, -0.15) is 23.4 Å². The summed E-state index contributed by atoms with van der Waals surface area (Å²) in [5, 5.41) is 15.3. The number of rotatable bonds is 7. The summed E-state index contributed by atoms with van der Waals surface area (Å²) in [7, 11) is 1.53. The summed E-state index contributed by atoms with van der Waals surface area (Å²) in [5.41, 5.74) is 3.76. The van der Waals surface area contributed by atoms with E-state index in [0.717, 1.165) is 10.4 Å². The SMILES string of the molecule is COc1cc2c(cc1Nc1ccc(C)nn1)ncn2-c1ccc(C=O)c(-c2cn(CC(F)(F)F)nc2C)n1. The second-order valence-corrected chi connectivity index (χ2v) is 8.51. The lowest BCUT2D eigenvalue weighted by Gasteiger charge is -2.12. The number of nitrogens with zero attached hydrogens (tertiary/aromatic N) is 7. The van der Waals surface area contributed by atoms with Crippen molar-refractivity contribution in [3.05, 3.63) is 65.9 Å². The Morgan fingerprint density at radius 3 is 2.61 bits per heavy atom. The van der Waals surface area contributed by atoms with Crippen LogP contribution in [0.4, 0.5) is 24.7 Å². The molecule has 0 aliphatic rings. The summed E-state index contributed by atoms with van der Waals surface area (Å²) in [4.78, 5) is 20.8. The number of alkyl halides is 3. The van der Waals surface area contributed by atoms with Gasteiger partial charge in [-0.3, -0.25) is 14.0 Å². The minimum atomic E-state index is -4.44. The molecule has 1 N–H and O–H groups in total. The van der Waals surface area contributed by atoms with Gasteiger partial charge in [0.05, 0.1) is 40.9 Å². The Balaban J connectivity index is 1.56. The molecule has 0 aliphatic carbocycles. The average molecular weight is 522 g/mol. The molecule has 0 fully saturated rings. The Labute approximate surface area is 214 Å². The number of fused-ring (bicyclic) bond motifs is 1. The molecule has 0 amide bonds. The highest BCUT2D eigenvalue weighted by molar-refractivity contribution is 5.88. The first-order valence-corrected chi connectivity index (χ1v) is 11.4. The van der Waals surface area contributed by atoms with Crippen molar-refractivity contribution in [2.75, 3.05) is 12.4 Å². The fraction of sp³-hybridized carbons (Fsp3) is 0.200. The average Bonchev–Trinajstić information content (AvgIpc) is 3.45. The summed E-state index contributed by atoms with van der Waals surface area (Å²) in [6.07, 6.45) is -1.03. The maximum Gasteiger partial charge on any atom is 0.408 e. The van der Waals surface area contributed by atoms with Crippen molar-refractivity contribution in [3.8, 4) is 22.8 Å². The van der Waals surface area contributed by atoms with Crippen LogP contribution in [-0.2, 0) is 6.54 Å². The van der Waals surface area contributed by atoms with E-state index in [1.165, 1.54) is 13.3 Å². The number of methoxy groups -OCH3 is 1. The Morgan fingerprint density at radius 1 is 1.11 bits per heavy atom. The van der Waals surface area contributed by atoms with E-state index in [4.69, 9.17) is 4.74 Å². The topological polar surface area (TPSA) is 113 Å². The number of nitrogens with one attached hydrogen (secondary N) is 1. The number of carbonyl (C=O) groups is 1. The van der Waals surface area contributed by atoms with E-state index in [2.05, 4.69) is 30.6 Å². The van der Waals surface area contributed by atoms with Crippen LogP contribution >= 0.6 is 0 Å². The minimum absolute atomic E-state index is 0.216. The molecule has 38 heavy (non-hydrogen) atoms. The number of benzene rings is 1. The van der Waals surface area contributed by atoms with Crippen LogP contribution in [0.1, 0.15) is 21.7 Å². The van der Waals surface area contributed by atoms with E-state index in [0.29, 0.717) is 51.6 Å². The second-order valence-electron chi connectivity index (χ2n) is 8.51. The van der Waals surface area contributed by atoms with Crippen molar-refractivity contribution >= 4 is 28.8 Å². The highest BCUT2D eigenvalue weighted by Crippen LogP contribution is 2.33. The molecule has 1 aromatic carbocycles. The summed E-state index contributed by atoms with van der Waals surface area (Å²) in [6, 6.07) is 10.4. The maximum absolute atomic E-state index is 12.9. The first kappa shape index (κ1) is 24.9. The molecule has 0 saturated carbocycles. The largest absolute Gasteiger partial charge is 0.494 e. The van der Waals surface area contributed by atoms with Gasteiger partial charge in [0.25, 0.3) is 0 Å². The van der Waals surface area contributed by atoms with Crippen LogP contribution in [0.15, 0.2) is 48.9 Å². The van der Waals surface area contributed by atoms with Crippen molar-refractivity contribution in [3.63, 3.8) is 0 Å². The van der Waals surface area contributed by atoms with E-state index in [9.17, 15) is 18.0 Å². The van der Waals surface area contributed by atoms with Gasteiger partial charge >= 0.3 is 6.18 Å². The Kier molecular flexibility index (Phi) is 6.27. The third kappa shape index (κ3) is 4.90. The van der Waals surface area contributed by atoms with Gasteiger partial charge in [-0.15, -0.1) is 5.10 Å². The minimum Gasteiger partial charge on any atom is -0.494 e. The quantitative estimate of drug-likeness (QED) is 0.303. The number of aldehydes is 1. The third-order valence-corrected chi connectivity index (χ3v) is 5.76. The third-order valence-electron chi connectivity index (χ3n) is 5.76. The van der Waals surface area contributed by atoms with Gasteiger partial charge in [0, 0.05) is 23.4 Å². The number of aromatic nitrogens is 7. The first-order valence-electron chi connectivity index (χ1n) is 11.4. The fourth-order valence-corrected chi connectivity index (χ4v) is 4.01. The van der Waals surface area contributed by atoms with Crippen LogP contribution in [0, 0.1) is 13.8 Å². The van der Waals surface area contributed by atoms with Gasteiger partial charge in [-0.25, -0.2) is 9.97 Å². The van der Waals surface area contributed by atoms with Gasteiger partial charge in [0.1, 0.15) is 24.4 Å². The number of hydrogen-bond acceptors (Lipinski definition) is 8. The van der Waals surface area contributed by atoms with Crippen LogP contribution in [0.25, 0.3) is 28.1 Å². The van der Waals surface area contributed by atoms with E-state index in [-0.39, 0.29) is 11.3 Å². The molecule has 0 spiro atoms. The standard InChI is InChI=1S/C25H21F3N8O2/c1-14-4-6-22(33-32-14)30-19-8-18-20(9-21(19)38-3)36(13-29-18)23-7-5-16(11-37)24(31-23)17-10-35(34-15(17)2)12-25(26,27)28/h4-11,13H,12H2,1-3H3,(H,30,33). The molecular weight excluding hydrogens is 501 g/mol. The van der Waals surface area contributed by atoms with E-state index < -0.39 is 12.7 Å². The number of pyridine rings is 1. The Morgan fingerprint density at radius 2 is 1.92 bits per heavy atom. The molecule has 4 aromatic heterocycles. The molecule has 5 aromatic rings. The number of aryl methyl sites for hydroxylation is 2. The van der Waals surface area contributed by atoms with E-state index in [1.54, 1.807) is 48.1 Å². The molecule has 5 rings (SSSR count). The fourth-order valence-electron chi connectivity index (χ4n) is 4.01. The molecule has 0 unspecified atom stereocenters. The normalized spacial score (nSPS) is 11.6. The van der Waals surface area contributed by atoms with Crippen molar-refractivity contribution in [2.24, 2.45) is 0 Å². The zero-order valence-corrected chi connectivity index (χ0v) is 20.5. The predicted molar refractivity (Wildman–Crippen MR) is 133 cm³/mol. The summed E-state index contributed by atoms with van der Waals surface area (Å²) in [6.45, 7) is 2.16. The highest BCUT2D eigenvalue weighted by Gasteiger charge is 2.29. The maximum atomic E-state index is 12.9. The number of halogens is 3. The van der Waals surface area contributed by atoms with Crippen molar-refractivity contribution < 1.29 is 22.7 Å². The summed E-state index contributed by atoms with van der Waals surface area (Å²) in [5.74, 6) is 1.45. The zero-order valence-electron chi connectivity index (χ0n) is 20.5. The Bertz CT molecular complexity index is 1640. The smallest absolute Gasteiger partial charge is 0.408 e. The van der Waals surface area contributed by atoms with Gasteiger partial charge in [-0.1, -0.05) is 0 Å². The lowest BCUT2D eigenvalue weighted by molar-refractivity contribution is -0.142. The number of carbonyl (C=O) groups excluding carboxylic acids is 1. The molecule has 0 radical (unpaired) electrons. The molecule has 0 aliphatic heterocycles. The van der Waals surface area contributed by atoms with E-state index in [1.807, 2.05) is 13.0 Å². The monoisotopic (exact) mass is 522 g/mol. The molecule has 10 nitrogen and oxygen atoms in total. The lowest BCUT2D eigenvalue weighted by atomic mass is 10.1. The second kappa shape index (κ2) is 9.57. The molecular formula is C25H21F3N8O2. The molecule has 0 saturated heterocycles. The Hall–Kier alpha value is -4.81. The van der Waals surface area contributed by atoms with Crippen LogP contribution in [-0.4, -0.2) is 54.1 Å². The van der Waals surface area contributed by atoms with Crippen LogP contribution in [0.2, 0.25) is 0 Å². The van der Waals surface area contributed by atoms with Gasteiger partial charge in [0.2, 0.25) is 0 Å². The summed E-state index contributed by atoms with van der Waals surface area (Å²) >= 11 is 0. The lowest BCUT2D eigenvalue weighted by Crippen LogP contribution is -2.17. The van der Waals surface area contributed by atoms with Crippen molar-refractivity contribution in [1.29, 1.82) is 0 Å². The molecule has 194 valence electrons. The van der Waals surface area contributed by atoms with Gasteiger partial charge in [-0.05, 0) is 44.2 Å². The summed E-state index contributed by atoms with van der Waals surface area (Å²) < 4.78 is 46.7. The molecule has 4 heterocycles. The van der Waals surface area contributed by atoms with Crippen molar-refractivity contribution in [1.82, 2.24) is 34.5 Å². The predicted octanol–water partition coefficient (Wildman–Crippen LogP) is 4.82. The highest BCUT2D eigenvalue weighted by atomic mass is 19.4. The van der Waals surface area contributed by atoms with Crippen molar-refractivity contribution in [2.45, 2.75) is 26.6 Å². The van der Waals surface area contributed by atoms with E-state index >= 15 is 0 Å². The number of anilines is 2. The zero-order chi connectivity index (χ0) is 27.0. The first-order chi connectivity index (χ1) is 18.1. The number of ether oxygens (including phenoxy) is 1. The van der Waals surface area contributed by atoms with Crippen LogP contribution in [0.5, 0.6) is 5.75 Å². The van der Waals surface area contributed by atoms with Gasteiger partial charge in [0.15, 0.2) is 12.1 Å². The molecule has 13 heteroatoms. The van der Waals surface area contributed by atoms with Gasteiger partial charge < -0.3 is 10.1 Å².